The van der Waals surface area contributed by atoms with Crippen LogP contribution >= 0.6 is 45.2 Å². The Labute approximate surface area is 324 Å². The molecule has 0 saturated carbocycles. The summed E-state index contributed by atoms with van der Waals surface area (Å²) in [5.74, 6) is -1.10. The van der Waals surface area contributed by atoms with Crippen LogP contribution in [0.1, 0.15) is 119 Å². The topological polar surface area (TPSA) is 74.8 Å². The van der Waals surface area contributed by atoms with Crippen LogP contribution in [0.2, 0.25) is 0 Å². The van der Waals surface area contributed by atoms with Crippen LogP contribution < -0.4 is 4.90 Å². The summed E-state index contributed by atoms with van der Waals surface area (Å²) in [6.45, 7) is 4.39. The zero-order valence-corrected chi connectivity index (χ0v) is 33.1. The van der Waals surface area contributed by atoms with Crippen LogP contribution in [0.3, 0.4) is 0 Å². The highest BCUT2D eigenvalue weighted by Crippen LogP contribution is 2.47. The van der Waals surface area contributed by atoms with Crippen molar-refractivity contribution in [2.24, 2.45) is 0 Å². The molecule has 0 spiro atoms. The number of anilines is 1. The van der Waals surface area contributed by atoms with E-state index in [-0.39, 0.29) is 29.7 Å². The molecule has 8 rings (SSSR count). The lowest BCUT2D eigenvalue weighted by Crippen LogP contribution is -2.47. The van der Waals surface area contributed by atoms with Gasteiger partial charge in [-0.2, -0.15) is 0 Å². The van der Waals surface area contributed by atoms with Crippen LogP contribution in [0, 0.1) is 7.14 Å². The average Bonchev–Trinajstić information content (AvgIpc) is 3.11. The predicted octanol–water partition coefficient (Wildman–Crippen LogP) is 11.7. The molecule has 2 heterocycles. The minimum Gasteiger partial charge on any atom is -0.271 e. The number of halogens is 2. The van der Waals surface area contributed by atoms with Crippen LogP contribution in [-0.4, -0.2) is 34.6 Å². The van der Waals surface area contributed by atoms with Gasteiger partial charge in [0, 0.05) is 46.2 Å². The summed E-state index contributed by atoms with van der Waals surface area (Å²) in [7, 11) is 0. The van der Waals surface area contributed by atoms with Crippen molar-refractivity contribution < 1.29 is 19.2 Å². The second-order valence-corrected chi connectivity index (χ2v) is 16.5. The van der Waals surface area contributed by atoms with Gasteiger partial charge < -0.3 is 0 Å². The van der Waals surface area contributed by atoms with Crippen molar-refractivity contribution in [3.05, 3.63) is 96.1 Å². The molecule has 0 unspecified atom stereocenters. The van der Waals surface area contributed by atoms with Crippen molar-refractivity contribution >= 4 is 118 Å². The Kier molecular flexibility index (Phi) is 9.27. The summed E-state index contributed by atoms with van der Waals surface area (Å²) >= 11 is 4.41. The number of imide groups is 2. The van der Waals surface area contributed by atoms with E-state index in [1.165, 1.54) is 4.90 Å². The number of unbranched alkanes of at least 4 members (excludes halogenated alkanes) is 6. The molecule has 0 fully saturated rings. The molecule has 0 aliphatic carbocycles. The first-order chi connectivity index (χ1) is 24.7. The summed E-state index contributed by atoms with van der Waals surface area (Å²) < 4.78 is 1.88. The van der Waals surface area contributed by atoms with E-state index in [4.69, 9.17) is 0 Å². The Morgan fingerprint density at radius 1 is 0.490 bits per heavy atom. The molecule has 6 nitrogen and oxygen atoms in total. The highest BCUT2D eigenvalue weighted by molar-refractivity contribution is 14.1. The maximum atomic E-state index is 14.4. The molecular weight excluding hydrogens is 862 g/mol. The van der Waals surface area contributed by atoms with Gasteiger partial charge >= 0.3 is 0 Å². The molecule has 6 aromatic rings. The van der Waals surface area contributed by atoms with Crippen molar-refractivity contribution in [2.45, 2.75) is 84.1 Å². The first-order valence-corrected chi connectivity index (χ1v) is 20.3. The Morgan fingerprint density at radius 2 is 0.882 bits per heavy atom. The zero-order chi connectivity index (χ0) is 35.6. The molecule has 51 heavy (non-hydrogen) atoms. The lowest BCUT2D eigenvalue weighted by Gasteiger charge is -2.35. The number of amides is 4. The fourth-order valence-corrected chi connectivity index (χ4v) is 10.4. The fourth-order valence-electron chi connectivity index (χ4n) is 8.54. The minimum atomic E-state index is -0.347. The first kappa shape index (κ1) is 34.4. The van der Waals surface area contributed by atoms with Gasteiger partial charge in [-0.1, -0.05) is 89.5 Å². The monoisotopic (exact) mass is 900 g/mol. The highest BCUT2D eigenvalue weighted by Gasteiger charge is 2.39. The molecule has 0 radical (unpaired) electrons. The molecule has 6 aromatic carbocycles. The first-order valence-electron chi connectivity index (χ1n) is 18.2. The summed E-state index contributed by atoms with van der Waals surface area (Å²) in [5, 5.41) is 6.70. The van der Waals surface area contributed by atoms with Crippen LogP contribution in [0.4, 0.5) is 5.69 Å². The number of hydrogen-bond donors (Lipinski definition) is 0. The molecule has 2 aliphatic rings. The third-order valence-electron chi connectivity index (χ3n) is 10.9. The van der Waals surface area contributed by atoms with E-state index in [1.807, 2.05) is 66.7 Å². The number of carbonyl (C=O) groups is 4. The molecule has 2 aliphatic heterocycles. The van der Waals surface area contributed by atoms with E-state index in [9.17, 15) is 19.2 Å². The lowest BCUT2D eigenvalue weighted by molar-refractivity contribution is 0.0516. The Bertz CT molecular complexity index is 2280. The summed E-state index contributed by atoms with van der Waals surface area (Å²) in [6, 6.07) is 20.9. The number of hydrogen-bond acceptors (Lipinski definition) is 4. The third kappa shape index (κ3) is 5.54. The maximum absolute atomic E-state index is 14.4. The number of carbonyl (C=O) groups excluding carboxylic acids is 4. The SMILES string of the molecule is CCCCCCC(CCCCCC)N1C(=O)c2ccc3c4ccc5c6c(ccc(c7ccc(c2c37)C1=O)c64)C(=O)N(c1cc(I)cc(I)c1)C5=O. The van der Waals surface area contributed by atoms with E-state index in [2.05, 4.69) is 59.0 Å². The summed E-state index contributed by atoms with van der Waals surface area (Å²) in [5.41, 5.74) is 2.66. The quantitative estimate of drug-likeness (QED) is 0.0403. The van der Waals surface area contributed by atoms with Crippen molar-refractivity contribution in [1.29, 1.82) is 0 Å². The van der Waals surface area contributed by atoms with Crippen LogP contribution in [-0.2, 0) is 0 Å². The van der Waals surface area contributed by atoms with Gasteiger partial charge in [-0.3, -0.25) is 24.1 Å². The second-order valence-electron chi connectivity index (χ2n) is 14.0. The summed E-state index contributed by atoms with van der Waals surface area (Å²) in [4.78, 5) is 59.9. The number of benzene rings is 6. The van der Waals surface area contributed by atoms with Gasteiger partial charge in [0.2, 0.25) is 0 Å². The van der Waals surface area contributed by atoms with Crippen LogP contribution in [0.5, 0.6) is 0 Å². The molecule has 0 aromatic heterocycles. The van der Waals surface area contributed by atoms with Gasteiger partial charge in [0.15, 0.2) is 0 Å². The standard InChI is InChI=1S/C43H38I2N2O4/c1-3-5-7-9-11-26(12-10-8-6-4-2)46-40(48)32-17-13-28-30-15-19-34-39-35(43(51)47(42(34)50)27-22-24(44)21-25(45)23-27)20-16-31(37(30)39)29-14-18-33(41(46)49)38(32)36(28)29/h13-23,26H,3-12H2,1-2H3. The van der Waals surface area contributed by atoms with Gasteiger partial charge in [-0.05, 0) is 133 Å². The average molecular weight is 901 g/mol. The van der Waals surface area contributed by atoms with Crippen molar-refractivity contribution in [3.63, 3.8) is 0 Å². The van der Waals surface area contributed by atoms with Crippen molar-refractivity contribution in [2.75, 3.05) is 4.90 Å². The van der Waals surface area contributed by atoms with E-state index < -0.39 is 0 Å². The van der Waals surface area contributed by atoms with E-state index in [0.717, 1.165) is 104 Å². The van der Waals surface area contributed by atoms with Crippen LogP contribution in [0.25, 0.3) is 43.1 Å². The van der Waals surface area contributed by atoms with Crippen molar-refractivity contribution in [3.8, 4) is 0 Å². The maximum Gasteiger partial charge on any atom is 0.265 e. The minimum absolute atomic E-state index is 0.122. The fraction of sp³-hybridized carbons (Fsp3) is 0.302. The normalized spacial score (nSPS) is 14.5. The van der Waals surface area contributed by atoms with Gasteiger partial charge in [-0.15, -0.1) is 0 Å². The second kappa shape index (κ2) is 13.7. The molecule has 0 bridgehead atoms. The van der Waals surface area contributed by atoms with Gasteiger partial charge in [0.1, 0.15) is 0 Å². The number of fused-ring (bicyclic) bond motifs is 2. The third-order valence-corrected chi connectivity index (χ3v) is 12.2. The Morgan fingerprint density at radius 3 is 1.27 bits per heavy atom. The Hall–Kier alpha value is -3.64. The molecule has 4 amide bonds. The highest BCUT2D eigenvalue weighted by atomic mass is 127. The smallest absolute Gasteiger partial charge is 0.265 e. The van der Waals surface area contributed by atoms with E-state index in [0.29, 0.717) is 38.7 Å². The van der Waals surface area contributed by atoms with Gasteiger partial charge in [0.25, 0.3) is 23.6 Å². The van der Waals surface area contributed by atoms with E-state index >= 15 is 0 Å². The molecule has 8 heteroatoms. The van der Waals surface area contributed by atoms with Crippen molar-refractivity contribution in [1.82, 2.24) is 4.90 Å². The number of rotatable bonds is 12. The van der Waals surface area contributed by atoms with Gasteiger partial charge in [0.05, 0.1) is 5.69 Å². The number of nitrogens with zero attached hydrogens (tertiary/aromatic N) is 2. The Balaban J connectivity index is 1.26. The summed E-state index contributed by atoms with van der Waals surface area (Å²) in [6.07, 6.45) is 10.5. The molecular formula is C43H38I2N2O4. The molecule has 258 valence electrons. The molecule has 0 atom stereocenters. The molecule has 0 saturated heterocycles. The van der Waals surface area contributed by atoms with E-state index in [1.54, 1.807) is 4.90 Å². The molecule has 0 N–H and O–H groups in total. The van der Waals surface area contributed by atoms with Gasteiger partial charge in [-0.25, -0.2) is 4.90 Å². The largest absolute Gasteiger partial charge is 0.271 e. The van der Waals surface area contributed by atoms with Crippen LogP contribution in [0.15, 0.2) is 66.7 Å². The lowest BCUT2D eigenvalue weighted by atomic mass is 9.82. The predicted molar refractivity (Wildman–Crippen MR) is 222 cm³/mol. The zero-order valence-electron chi connectivity index (χ0n) is 28.8.